The number of hydrogen-bond donors (Lipinski definition) is 4. The van der Waals surface area contributed by atoms with Gasteiger partial charge in [-0.15, -0.1) is 0 Å². The molecule has 1 aromatic heterocycles. The van der Waals surface area contributed by atoms with Crippen molar-refractivity contribution in [2.75, 3.05) is 30.7 Å². The van der Waals surface area contributed by atoms with Gasteiger partial charge in [-0.2, -0.15) is 0 Å². The number of hydrogen-bond acceptors (Lipinski definition) is 5. The Morgan fingerprint density at radius 3 is 2.72 bits per heavy atom. The largest absolute Gasteiger partial charge is 0.492 e. The van der Waals surface area contributed by atoms with Crippen molar-refractivity contribution in [3.8, 4) is 5.75 Å². The molecule has 4 N–H and O–H groups in total. The third-order valence-corrected chi connectivity index (χ3v) is 5.35. The van der Waals surface area contributed by atoms with Crippen LogP contribution < -0.4 is 14.8 Å². The number of H-pyrrole nitrogens is 1. The minimum atomic E-state index is -3.35. The Morgan fingerprint density at radius 2 is 1.97 bits per heavy atom. The fraction of sp³-hybridized carbons (Fsp3) is 0.333. The summed E-state index contributed by atoms with van der Waals surface area (Å²) < 4.78 is 30.9. The van der Waals surface area contributed by atoms with E-state index in [0.29, 0.717) is 30.9 Å². The molecule has 0 fully saturated rings. The topological polar surface area (TPSA) is 103 Å². The Morgan fingerprint density at radius 1 is 1.17 bits per heavy atom. The van der Waals surface area contributed by atoms with Crippen LogP contribution in [0.5, 0.6) is 5.75 Å². The van der Waals surface area contributed by atoms with Gasteiger partial charge in [0.15, 0.2) is 0 Å². The number of rotatable bonds is 9. The third kappa shape index (κ3) is 5.72. The number of aliphatic hydroxyl groups is 1. The number of aryl methyl sites for hydroxylation is 2. The SMILES string of the molecule is Cc1[nH]c2cc(OCCNC[C@H](O)c3cccc(NS(C)(=O)=O)c3)ccc2c1C. The Hall–Kier alpha value is -2.55. The summed E-state index contributed by atoms with van der Waals surface area (Å²) in [5.41, 5.74) is 4.53. The molecule has 1 heterocycles. The molecule has 29 heavy (non-hydrogen) atoms. The summed E-state index contributed by atoms with van der Waals surface area (Å²) in [6.45, 7) is 5.51. The summed E-state index contributed by atoms with van der Waals surface area (Å²) in [5, 5.41) is 14.7. The lowest BCUT2D eigenvalue weighted by atomic mass is 10.1. The number of benzene rings is 2. The maximum atomic E-state index is 11.3. The van der Waals surface area contributed by atoms with Crippen molar-refractivity contribution >= 4 is 26.6 Å². The van der Waals surface area contributed by atoms with Crippen molar-refractivity contribution in [3.63, 3.8) is 0 Å². The highest BCUT2D eigenvalue weighted by atomic mass is 32.2. The highest BCUT2D eigenvalue weighted by Crippen LogP contribution is 2.25. The van der Waals surface area contributed by atoms with Crippen LogP contribution in [0.1, 0.15) is 22.9 Å². The molecule has 0 amide bonds. The molecule has 0 saturated heterocycles. The normalized spacial score (nSPS) is 12.8. The first kappa shape index (κ1) is 21.2. The van der Waals surface area contributed by atoms with Crippen LogP contribution in [0, 0.1) is 13.8 Å². The summed E-state index contributed by atoms with van der Waals surface area (Å²) in [5.74, 6) is 0.792. The Balaban J connectivity index is 1.46. The average molecular weight is 418 g/mol. The smallest absolute Gasteiger partial charge is 0.229 e. The van der Waals surface area contributed by atoms with Gasteiger partial charge in [0, 0.05) is 41.4 Å². The molecule has 156 valence electrons. The van der Waals surface area contributed by atoms with E-state index in [1.165, 1.54) is 10.9 Å². The number of sulfonamides is 1. The number of anilines is 1. The molecular formula is C21H27N3O4S. The fourth-order valence-electron chi connectivity index (χ4n) is 3.16. The van der Waals surface area contributed by atoms with Crippen LogP contribution in [0.2, 0.25) is 0 Å². The van der Waals surface area contributed by atoms with Gasteiger partial charge in [-0.1, -0.05) is 12.1 Å². The van der Waals surface area contributed by atoms with E-state index in [0.717, 1.165) is 23.2 Å². The second-order valence-corrected chi connectivity index (χ2v) is 8.90. The third-order valence-electron chi connectivity index (χ3n) is 4.74. The number of aromatic amines is 1. The van der Waals surface area contributed by atoms with Gasteiger partial charge in [-0.05, 0) is 49.2 Å². The number of ether oxygens (including phenoxy) is 1. The second-order valence-electron chi connectivity index (χ2n) is 7.15. The van der Waals surface area contributed by atoms with E-state index < -0.39 is 16.1 Å². The molecule has 0 aliphatic heterocycles. The van der Waals surface area contributed by atoms with Crippen LogP contribution in [0.3, 0.4) is 0 Å². The van der Waals surface area contributed by atoms with Crippen molar-refractivity contribution in [2.45, 2.75) is 20.0 Å². The number of fused-ring (bicyclic) bond motifs is 1. The van der Waals surface area contributed by atoms with Crippen molar-refractivity contribution in [1.82, 2.24) is 10.3 Å². The van der Waals surface area contributed by atoms with Crippen LogP contribution in [0.4, 0.5) is 5.69 Å². The van der Waals surface area contributed by atoms with Gasteiger partial charge in [-0.25, -0.2) is 8.42 Å². The standard InChI is InChI=1S/C21H27N3O4S/c1-14-15(2)23-20-12-18(7-8-19(14)20)28-10-9-22-13-21(25)16-5-4-6-17(11-16)24-29(3,26)27/h4-8,11-12,21-25H,9-10,13H2,1-3H3/t21-/m0/s1. The number of nitrogens with one attached hydrogen (secondary N) is 3. The lowest BCUT2D eigenvalue weighted by Crippen LogP contribution is -2.26. The summed E-state index contributed by atoms with van der Waals surface area (Å²) in [7, 11) is -3.35. The quantitative estimate of drug-likeness (QED) is 0.401. The number of aliphatic hydroxyl groups excluding tert-OH is 1. The monoisotopic (exact) mass is 417 g/mol. The highest BCUT2D eigenvalue weighted by Gasteiger charge is 2.10. The molecule has 3 aromatic rings. The summed E-state index contributed by atoms with van der Waals surface area (Å²) >= 11 is 0. The van der Waals surface area contributed by atoms with Gasteiger partial charge >= 0.3 is 0 Å². The first-order valence-electron chi connectivity index (χ1n) is 9.41. The van der Waals surface area contributed by atoms with Crippen LogP contribution in [-0.2, 0) is 10.0 Å². The first-order valence-corrected chi connectivity index (χ1v) is 11.3. The molecule has 0 saturated carbocycles. The van der Waals surface area contributed by atoms with Gasteiger partial charge in [0.2, 0.25) is 10.0 Å². The van der Waals surface area contributed by atoms with E-state index >= 15 is 0 Å². The second kappa shape index (κ2) is 8.86. The van der Waals surface area contributed by atoms with Crippen LogP contribution in [0.15, 0.2) is 42.5 Å². The molecule has 7 nitrogen and oxygen atoms in total. The zero-order chi connectivity index (χ0) is 21.0. The van der Waals surface area contributed by atoms with Gasteiger partial charge in [-0.3, -0.25) is 4.72 Å². The molecular weight excluding hydrogens is 390 g/mol. The van der Waals surface area contributed by atoms with Crippen molar-refractivity contribution in [2.24, 2.45) is 0 Å². The van der Waals surface area contributed by atoms with E-state index in [-0.39, 0.29) is 0 Å². The van der Waals surface area contributed by atoms with E-state index in [1.807, 2.05) is 12.1 Å². The zero-order valence-corrected chi connectivity index (χ0v) is 17.6. The van der Waals surface area contributed by atoms with Crippen molar-refractivity contribution < 1.29 is 18.3 Å². The Kier molecular flexibility index (Phi) is 6.46. The zero-order valence-electron chi connectivity index (χ0n) is 16.8. The van der Waals surface area contributed by atoms with E-state index in [2.05, 4.69) is 34.9 Å². The molecule has 0 bridgehead atoms. The number of aromatic nitrogens is 1. The van der Waals surface area contributed by atoms with Crippen molar-refractivity contribution in [3.05, 3.63) is 59.3 Å². The van der Waals surface area contributed by atoms with Crippen molar-refractivity contribution in [1.29, 1.82) is 0 Å². The average Bonchev–Trinajstić information content (AvgIpc) is 2.93. The lowest BCUT2D eigenvalue weighted by molar-refractivity contribution is 0.172. The van der Waals surface area contributed by atoms with Gasteiger partial charge < -0.3 is 20.1 Å². The lowest BCUT2D eigenvalue weighted by Gasteiger charge is -2.14. The molecule has 3 rings (SSSR count). The Labute approximate surface area is 171 Å². The molecule has 1 atom stereocenters. The molecule has 8 heteroatoms. The summed E-state index contributed by atoms with van der Waals surface area (Å²) in [4.78, 5) is 3.35. The van der Waals surface area contributed by atoms with Gasteiger partial charge in [0.1, 0.15) is 12.4 Å². The maximum Gasteiger partial charge on any atom is 0.229 e. The summed E-state index contributed by atoms with van der Waals surface area (Å²) in [6.07, 6.45) is 0.339. The molecule has 0 radical (unpaired) electrons. The maximum absolute atomic E-state index is 11.3. The summed E-state index contributed by atoms with van der Waals surface area (Å²) in [6, 6.07) is 12.7. The van der Waals surface area contributed by atoms with E-state index in [4.69, 9.17) is 4.74 Å². The Bertz CT molecular complexity index is 1090. The molecule has 0 unspecified atom stereocenters. The van der Waals surface area contributed by atoms with E-state index in [9.17, 15) is 13.5 Å². The predicted octanol–water partition coefficient (Wildman–Crippen LogP) is 2.86. The minimum Gasteiger partial charge on any atom is -0.492 e. The molecule has 2 aromatic carbocycles. The molecule has 0 aliphatic rings. The van der Waals surface area contributed by atoms with Crippen LogP contribution in [-0.4, -0.2) is 44.5 Å². The predicted molar refractivity (Wildman–Crippen MR) is 116 cm³/mol. The molecule has 0 spiro atoms. The highest BCUT2D eigenvalue weighted by molar-refractivity contribution is 7.92. The minimum absolute atomic E-state index is 0.333. The van der Waals surface area contributed by atoms with Crippen LogP contribution >= 0.6 is 0 Å². The van der Waals surface area contributed by atoms with E-state index in [1.54, 1.807) is 24.3 Å². The fourth-order valence-corrected chi connectivity index (χ4v) is 3.72. The van der Waals surface area contributed by atoms with Crippen LogP contribution in [0.25, 0.3) is 10.9 Å². The first-order chi connectivity index (χ1) is 13.7. The molecule has 0 aliphatic carbocycles. The van der Waals surface area contributed by atoms with Gasteiger partial charge in [0.25, 0.3) is 0 Å². The van der Waals surface area contributed by atoms with Gasteiger partial charge in [0.05, 0.1) is 12.4 Å².